The number of carbonyl (C=O) groups excluding carboxylic acids is 1. The molecule has 0 spiro atoms. The number of pyridine rings is 1. The van der Waals surface area contributed by atoms with Gasteiger partial charge in [0.25, 0.3) is 12.3 Å². The van der Waals surface area contributed by atoms with Crippen LogP contribution in [0.5, 0.6) is 0 Å². The van der Waals surface area contributed by atoms with Gasteiger partial charge in [-0.1, -0.05) is 6.07 Å². The van der Waals surface area contributed by atoms with Crippen molar-refractivity contribution < 1.29 is 31.9 Å². The van der Waals surface area contributed by atoms with E-state index >= 15 is 0 Å². The molecule has 15 heteroatoms. The van der Waals surface area contributed by atoms with Gasteiger partial charge >= 0.3 is 6.18 Å². The highest BCUT2D eigenvalue weighted by molar-refractivity contribution is 5.80. The number of aliphatic hydroxyl groups excluding tert-OH is 1. The number of nitrogens with one attached hydrogen (secondary N) is 1. The quantitative estimate of drug-likeness (QED) is 0.400. The molecule has 2 saturated heterocycles. The first-order chi connectivity index (χ1) is 19.0. The number of likely N-dealkylation sites (tertiary alicyclic amines) is 2. The first kappa shape index (κ1) is 28.0. The van der Waals surface area contributed by atoms with Crippen LogP contribution >= 0.6 is 0 Å². The fraction of sp³-hybridized carbons (Fsp3) is 0.520. The fourth-order valence-electron chi connectivity index (χ4n) is 5.09. The molecule has 3 aromatic rings. The highest BCUT2D eigenvalue weighted by Crippen LogP contribution is 2.33. The van der Waals surface area contributed by atoms with E-state index in [1.807, 2.05) is 0 Å². The van der Waals surface area contributed by atoms with E-state index in [1.165, 1.54) is 30.2 Å². The number of amides is 1. The smallest absolute Gasteiger partial charge is 0.384 e. The minimum Gasteiger partial charge on any atom is -0.384 e. The standard InChI is InChI=1S/C25H29F5N8O2/c1-15(39)24(40)35-7-5-17(6-8-35)36-11-18(12-36)38-13-20(22(34-38)23(26)27)33-21-4-2-3-19(32-21)16-9-31-37(10-16)14-25(28,29)30/h2-4,9-10,13,15,17-18,23,39H,5-8,11-12,14H2,1H3,(H,32,33)/t15-/m0/s1. The molecule has 0 bridgehead atoms. The van der Waals surface area contributed by atoms with Crippen LogP contribution in [0.3, 0.4) is 0 Å². The first-order valence-corrected chi connectivity index (χ1v) is 12.9. The summed E-state index contributed by atoms with van der Waals surface area (Å²) in [4.78, 5) is 20.3. The monoisotopic (exact) mass is 568 g/mol. The van der Waals surface area contributed by atoms with Crippen molar-refractivity contribution in [1.29, 1.82) is 0 Å². The summed E-state index contributed by atoms with van der Waals surface area (Å²) in [5.41, 5.74) is 0.359. The Kier molecular flexibility index (Phi) is 7.77. The fourth-order valence-corrected chi connectivity index (χ4v) is 5.09. The van der Waals surface area contributed by atoms with Gasteiger partial charge in [0, 0.05) is 50.2 Å². The molecule has 1 atom stereocenters. The van der Waals surface area contributed by atoms with Gasteiger partial charge in [-0.2, -0.15) is 23.4 Å². The van der Waals surface area contributed by atoms with Crippen molar-refractivity contribution in [3.8, 4) is 11.3 Å². The topological polar surface area (TPSA) is 104 Å². The van der Waals surface area contributed by atoms with Gasteiger partial charge in [0.2, 0.25) is 0 Å². The van der Waals surface area contributed by atoms with Crippen LogP contribution < -0.4 is 5.32 Å². The van der Waals surface area contributed by atoms with Crippen LogP contribution in [0.4, 0.5) is 33.5 Å². The molecule has 216 valence electrons. The van der Waals surface area contributed by atoms with Crippen molar-refractivity contribution >= 4 is 17.4 Å². The summed E-state index contributed by atoms with van der Waals surface area (Å²) in [6.45, 7) is 2.62. The number of anilines is 2. The summed E-state index contributed by atoms with van der Waals surface area (Å²) in [6, 6.07) is 4.94. The van der Waals surface area contributed by atoms with E-state index in [0.29, 0.717) is 37.4 Å². The van der Waals surface area contributed by atoms with Crippen molar-refractivity contribution in [2.24, 2.45) is 0 Å². The molecule has 2 aliphatic heterocycles. The molecule has 2 N–H and O–H groups in total. The summed E-state index contributed by atoms with van der Waals surface area (Å²) in [6.07, 6.45) is -2.72. The van der Waals surface area contributed by atoms with Gasteiger partial charge in [-0.05, 0) is 31.9 Å². The van der Waals surface area contributed by atoms with Crippen LogP contribution in [0.1, 0.15) is 37.9 Å². The normalized spacial score (nSPS) is 18.2. The highest BCUT2D eigenvalue weighted by Gasteiger charge is 2.37. The molecule has 2 fully saturated rings. The lowest BCUT2D eigenvalue weighted by molar-refractivity contribution is -0.142. The van der Waals surface area contributed by atoms with Crippen LogP contribution in [0.2, 0.25) is 0 Å². The Morgan fingerprint density at radius 1 is 1.15 bits per heavy atom. The zero-order valence-electron chi connectivity index (χ0n) is 21.6. The molecule has 0 radical (unpaired) electrons. The van der Waals surface area contributed by atoms with Crippen LogP contribution in [-0.4, -0.2) is 89.9 Å². The van der Waals surface area contributed by atoms with Crippen molar-refractivity contribution in [2.45, 2.75) is 57.1 Å². The van der Waals surface area contributed by atoms with E-state index in [0.717, 1.165) is 17.5 Å². The summed E-state index contributed by atoms with van der Waals surface area (Å²) >= 11 is 0. The van der Waals surface area contributed by atoms with Crippen LogP contribution in [0.15, 0.2) is 36.8 Å². The molecule has 0 saturated carbocycles. The Labute approximate surface area is 226 Å². The van der Waals surface area contributed by atoms with Crippen molar-refractivity contribution in [1.82, 2.24) is 34.3 Å². The number of halogens is 5. The lowest BCUT2D eigenvalue weighted by atomic mass is 9.97. The number of nitrogens with zero attached hydrogens (tertiary/aromatic N) is 7. The van der Waals surface area contributed by atoms with E-state index in [4.69, 9.17) is 0 Å². The summed E-state index contributed by atoms with van der Waals surface area (Å²) in [7, 11) is 0. The molecular weight excluding hydrogens is 539 g/mol. The van der Waals surface area contributed by atoms with E-state index in [2.05, 4.69) is 25.4 Å². The number of rotatable bonds is 8. The van der Waals surface area contributed by atoms with Gasteiger partial charge < -0.3 is 15.3 Å². The van der Waals surface area contributed by atoms with Crippen molar-refractivity contribution in [2.75, 3.05) is 31.5 Å². The summed E-state index contributed by atoms with van der Waals surface area (Å²) in [5.74, 6) is -0.0381. The van der Waals surface area contributed by atoms with Gasteiger partial charge in [-0.3, -0.25) is 19.1 Å². The Morgan fingerprint density at radius 3 is 2.52 bits per heavy atom. The zero-order chi connectivity index (χ0) is 28.6. The number of piperidine rings is 1. The minimum atomic E-state index is -4.42. The Bertz CT molecular complexity index is 1330. The first-order valence-electron chi connectivity index (χ1n) is 12.9. The molecule has 40 heavy (non-hydrogen) atoms. The van der Waals surface area contributed by atoms with Gasteiger partial charge in [-0.15, -0.1) is 0 Å². The van der Waals surface area contributed by atoms with E-state index in [1.54, 1.807) is 23.1 Å². The number of hydrogen-bond donors (Lipinski definition) is 2. The molecule has 10 nitrogen and oxygen atoms in total. The zero-order valence-corrected chi connectivity index (χ0v) is 21.6. The van der Waals surface area contributed by atoms with Crippen LogP contribution in [0.25, 0.3) is 11.3 Å². The SMILES string of the molecule is C[C@H](O)C(=O)N1CCC(N2CC(n3cc(Nc4cccc(-c5cnn(CC(F)(F)F)c5)n4)c(C(F)F)n3)C2)CC1. The van der Waals surface area contributed by atoms with E-state index in [9.17, 15) is 31.9 Å². The Balaban J connectivity index is 1.22. The van der Waals surface area contributed by atoms with Crippen molar-refractivity contribution in [3.05, 3.63) is 42.5 Å². The molecule has 1 amide bonds. The average Bonchev–Trinajstić information content (AvgIpc) is 3.49. The average molecular weight is 569 g/mol. The minimum absolute atomic E-state index is 0.0933. The molecule has 5 heterocycles. The van der Waals surface area contributed by atoms with Crippen LogP contribution in [-0.2, 0) is 11.3 Å². The highest BCUT2D eigenvalue weighted by atomic mass is 19.4. The third kappa shape index (κ3) is 6.25. The number of carbonyl (C=O) groups is 1. The molecule has 0 unspecified atom stereocenters. The molecular formula is C25H29F5N8O2. The molecule has 2 aliphatic rings. The molecule has 3 aromatic heterocycles. The maximum absolute atomic E-state index is 13.8. The third-order valence-electron chi connectivity index (χ3n) is 7.16. The van der Waals surface area contributed by atoms with Gasteiger partial charge in [0.1, 0.15) is 18.5 Å². The van der Waals surface area contributed by atoms with Gasteiger partial charge in [-0.25, -0.2) is 13.8 Å². The number of hydrogen-bond acceptors (Lipinski definition) is 7. The van der Waals surface area contributed by atoms with Gasteiger partial charge in [0.15, 0.2) is 5.69 Å². The number of alkyl halides is 5. The third-order valence-corrected chi connectivity index (χ3v) is 7.16. The van der Waals surface area contributed by atoms with E-state index < -0.39 is 30.9 Å². The molecule has 0 aliphatic carbocycles. The van der Waals surface area contributed by atoms with E-state index in [-0.39, 0.29) is 29.5 Å². The maximum atomic E-state index is 13.8. The van der Waals surface area contributed by atoms with Gasteiger partial charge in [0.05, 0.1) is 23.6 Å². The van der Waals surface area contributed by atoms with Crippen molar-refractivity contribution in [3.63, 3.8) is 0 Å². The van der Waals surface area contributed by atoms with Crippen LogP contribution in [0, 0.1) is 0 Å². The molecule has 5 rings (SSSR count). The lowest BCUT2D eigenvalue weighted by Crippen LogP contribution is -2.56. The number of aliphatic hydroxyl groups is 1. The maximum Gasteiger partial charge on any atom is 0.408 e. The Morgan fingerprint density at radius 2 is 1.88 bits per heavy atom. The number of aromatic nitrogens is 5. The predicted octanol–water partition coefficient (Wildman–Crippen LogP) is 3.61. The largest absolute Gasteiger partial charge is 0.408 e. The Hall–Kier alpha value is -3.59. The predicted molar refractivity (Wildman–Crippen MR) is 134 cm³/mol. The summed E-state index contributed by atoms with van der Waals surface area (Å²) in [5, 5.41) is 20.2. The second-order valence-corrected chi connectivity index (χ2v) is 10.1. The second-order valence-electron chi connectivity index (χ2n) is 10.1. The lowest BCUT2D eigenvalue weighted by Gasteiger charge is -2.47. The molecule has 0 aromatic carbocycles. The summed E-state index contributed by atoms with van der Waals surface area (Å²) < 4.78 is 67.9. The second kappa shape index (κ2) is 11.1.